The molecule has 4 amide bonds. The van der Waals surface area contributed by atoms with Crippen molar-refractivity contribution >= 4 is 35.0 Å². The van der Waals surface area contributed by atoms with Crippen LogP contribution < -0.4 is 22.1 Å². The van der Waals surface area contributed by atoms with Gasteiger partial charge >= 0.3 is 0 Å². The lowest BCUT2D eigenvalue weighted by Gasteiger charge is -2.08. The van der Waals surface area contributed by atoms with Gasteiger partial charge in [0, 0.05) is 34.7 Å². The summed E-state index contributed by atoms with van der Waals surface area (Å²) < 4.78 is 0. The Kier molecular flexibility index (Phi) is 6.42. The van der Waals surface area contributed by atoms with Crippen molar-refractivity contribution in [2.45, 2.75) is 13.8 Å². The van der Waals surface area contributed by atoms with Gasteiger partial charge in [0.15, 0.2) is 0 Å². The largest absolute Gasteiger partial charge is 0.366 e. The fourth-order valence-corrected chi connectivity index (χ4v) is 1.65. The van der Waals surface area contributed by atoms with Crippen LogP contribution in [0.4, 0.5) is 11.4 Å². The molecule has 0 unspecified atom stereocenters. The molecular weight excluding hydrogens is 312 g/mol. The van der Waals surface area contributed by atoms with Gasteiger partial charge in [0.05, 0.1) is 0 Å². The topological polar surface area (TPSA) is 144 Å². The van der Waals surface area contributed by atoms with E-state index in [1.165, 1.54) is 13.8 Å². The molecule has 0 spiro atoms. The average Bonchev–Trinajstić information content (AvgIpc) is 2.47. The van der Waals surface area contributed by atoms with Crippen LogP contribution in [0.3, 0.4) is 0 Å². The van der Waals surface area contributed by atoms with Crippen molar-refractivity contribution in [3.63, 3.8) is 0 Å². The number of carbonyl (C=O) groups excluding carboxylic acids is 4. The molecule has 0 aliphatic carbocycles. The second-order valence-electron chi connectivity index (χ2n) is 4.95. The molecule has 0 aromatic heterocycles. The van der Waals surface area contributed by atoms with E-state index in [4.69, 9.17) is 11.5 Å². The molecule has 0 aliphatic rings. The Labute approximate surface area is 138 Å². The summed E-state index contributed by atoms with van der Waals surface area (Å²) in [7, 11) is 0. The van der Waals surface area contributed by atoms with E-state index in [0.717, 1.165) is 12.2 Å². The first kappa shape index (κ1) is 18.6. The maximum absolute atomic E-state index is 11.8. The Hall–Kier alpha value is -3.42. The molecule has 0 saturated heterocycles. The SMILES string of the molecule is CC(=CC(N)=O)C(=O)Nc1ccc(NC(=O)C(C)=CC(N)=O)cc1. The number of nitrogens with two attached hydrogens (primary N) is 2. The molecule has 0 fully saturated rings. The zero-order valence-corrected chi connectivity index (χ0v) is 13.3. The molecule has 0 atom stereocenters. The Morgan fingerprint density at radius 3 is 1.29 bits per heavy atom. The van der Waals surface area contributed by atoms with Crippen LogP contribution in [0, 0.1) is 0 Å². The Morgan fingerprint density at radius 2 is 1.04 bits per heavy atom. The maximum atomic E-state index is 11.8. The molecule has 8 heteroatoms. The van der Waals surface area contributed by atoms with Crippen LogP contribution in [0.1, 0.15) is 13.8 Å². The van der Waals surface area contributed by atoms with E-state index in [1.807, 2.05) is 0 Å². The van der Waals surface area contributed by atoms with Crippen molar-refractivity contribution in [2.24, 2.45) is 11.5 Å². The highest BCUT2D eigenvalue weighted by Crippen LogP contribution is 2.15. The van der Waals surface area contributed by atoms with E-state index in [1.54, 1.807) is 24.3 Å². The highest BCUT2D eigenvalue weighted by molar-refractivity contribution is 6.08. The molecule has 0 aliphatic heterocycles. The number of anilines is 2. The standard InChI is InChI=1S/C16H18N4O4/c1-9(7-13(17)21)15(23)19-11-3-5-12(6-4-11)20-16(24)10(2)8-14(18)22/h3-8H,1-2H3,(H2,17,21)(H2,18,22)(H,19,23)(H,20,24). The lowest BCUT2D eigenvalue weighted by molar-refractivity contribution is -0.115. The van der Waals surface area contributed by atoms with Crippen LogP contribution in [-0.2, 0) is 19.2 Å². The van der Waals surface area contributed by atoms with E-state index >= 15 is 0 Å². The first-order valence-corrected chi connectivity index (χ1v) is 6.87. The minimum atomic E-state index is -0.708. The van der Waals surface area contributed by atoms with Crippen molar-refractivity contribution in [2.75, 3.05) is 10.6 Å². The van der Waals surface area contributed by atoms with Crippen LogP contribution in [0.2, 0.25) is 0 Å². The summed E-state index contributed by atoms with van der Waals surface area (Å²) in [6, 6.07) is 6.27. The first-order chi connectivity index (χ1) is 11.2. The Morgan fingerprint density at radius 1 is 0.750 bits per heavy atom. The minimum absolute atomic E-state index is 0.173. The van der Waals surface area contributed by atoms with Gasteiger partial charge in [-0.1, -0.05) is 0 Å². The van der Waals surface area contributed by atoms with Crippen molar-refractivity contribution in [1.29, 1.82) is 0 Å². The second-order valence-corrected chi connectivity index (χ2v) is 4.95. The number of carbonyl (C=O) groups is 4. The van der Waals surface area contributed by atoms with E-state index in [-0.39, 0.29) is 11.1 Å². The molecule has 0 heterocycles. The summed E-state index contributed by atoms with van der Waals surface area (Å²) in [6.07, 6.45) is 2.05. The molecule has 6 N–H and O–H groups in total. The minimum Gasteiger partial charge on any atom is -0.366 e. The monoisotopic (exact) mass is 330 g/mol. The molecule has 24 heavy (non-hydrogen) atoms. The molecule has 1 aromatic carbocycles. The third-order valence-electron chi connectivity index (χ3n) is 2.83. The lowest BCUT2D eigenvalue weighted by Crippen LogP contribution is -2.17. The average molecular weight is 330 g/mol. The summed E-state index contributed by atoms with van der Waals surface area (Å²) in [5.74, 6) is -2.35. The van der Waals surface area contributed by atoms with Gasteiger partial charge in [0.2, 0.25) is 11.8 Å². The van der Waals surface area contributed by atoms with Crippen LogP contribution in [0.15, 0.2) is 47.6 Å². The van der Waals surface area contributed by atoms with E-state index < -0.39 is 23.6 Å². The lowest BCUT2D eigenvalue weighted by atomic mass is 10.2. The van der Waals surface area contributed by atoms with Gasteiger partial charge in [0.1, 0.15) is 0 Å². The maximum Gasteiger partial charge on any atom is 0.251 e. The zero-order chi connectivity index (χ0) is 18.3. The van der Waals surface area contributed by atoms with Gasteiger partial charge in [-0.25, -0.2) is 0 Å². The third-order valence-corrected chi connectivity index (χ3v) is 2.83. The summed E-state index contributed by atoms with van der Waals surface area (Å²) in [5, 5.41) is 5.15. The summed E-state index contributed by atoms with van der Waals surface area (Å²) >= 11 is 0. The van der Waals surface area contributed by atoms with Crippen LogP contribution in [-0.4, -0.2) is 23.6 Å². The summed E-state index contributed by atoms with van der Waals surface area (Å²) in [4.78, 5) is 45.0. The quantitative estimate of drug-likeness (QED) is 0.560. The molecule has 8 nitrogen and oxygen atoms in total. The van der Waals surface area contributed by atoms with Gasteiger partial charge in [0.25, 0.3) is 11.8 Å². The fraction of sp³-hybridized carbons (Fsp3) is 0.125. The zero-order valence-electron chi connectivity index (χ0n) is 13.3. The second kappa shape index (κ2) is 8.28. The Bertz CT molecular complexity index is 670. The van der Waals surface area contributed by atoms with Gasteiger partial charge in [-0.2, -0.15) is 0 Å². The molecule has 126 valence electrons. The predicted octanol–water partition coefficient (Wildman–Crippen LogP) is 0.427. The molecule has 1 rings (SSSR count). The first-order valence-electron chi connectivity index (χ1n) is 6.87. The molecule has 0 saturated carbocycles. The van der Waals surface area contributed by atoms with Crippen molar-refractivity contribution in [1.82, 2.24) is 0 Å². The van der Waals surface area contributed by atoms with Crippen molar-refractivity contribution in [3.05, 3.63) is 47.6 Å². The van der Waals surface area contributed by atoms with Crippen LogP contribution in [0.25, 0.3) is 0 Å². The molecule has 1 aromatic rings. The number of primary amides is 2. The number of hydrogen-bond acceptors (Lipinski definition) is 4. The number of hydrogen-bond donors (Lipinski definition) is 4. The van der Waals surface area contributed by atoms with Crippen molar-refractivity contribution < 1.29 is 19.2 Å². The Balaban J connectivity index is 2.73. The predicted molar refractivity (Wildman–Crippen MR) is 89.6 cm³/mol. The summed E-state index contributed by atoms with van der Waals surface area (Å²) in [6.45, 7) is 2.92. The normalized spacial score (nSPS) is 11.6. The molecular formula is C16H18N4O4. The number of benzene rings is 1. The number of nitrogens with one attached hydrogen (secondary N) is 2. The smallest absolute Gasteiger partial charge is 0.251 e. The van der Waals surface area contributed by atoms with Gasteiger partial charge in [-0.15, -0.1) is 0 Å². The third kappa shape index (κ3) is 6.14. The molecule has 0 radical (unpaired) electrons. The number of amides is 4. The van der Waals surface area contributed by atoms with Gasteiger partial charge in [-0.3, -0.25) is 19.2 Å². The van der Waals surface area contributed by atoms with Gasteiger partial charge in [-0.05, 0) is 38.1 Å². The van der Waals surface area contributed by atoms with E-state index in [9.17, 15) is 19.2 Å². The molecule has 0 bridgehead atoms. The van der Waals surface area contributed by atoms with Gasteiger partial charge < -0.3 is 22.1 Å². The fourth-order valence-electron chi connectivity index (χ4n) is 1.65. The van der Waals surface area contributed by atoms with Crippen LogP contribution in [0.5, 0.6) is 0 Å². The highest BCUT2D eigenvalue weighted by Gasteiger charge is 2.08. The van der Waals surface area contributed by atoms with Crippen molar-refractivity contribution in [3.8, 4) is 0 Å². The highest BCUT2D eigenvalue weighted by atomic mass is 16.2. The van der Waals surface area contributed by atoms with E-state index in [2.05, 4.69) is 10.6 Å². The summed E-state index contributed by atoms with van der Waals surface area (Å²) in [5.41, 5.74) is 11.2. The van der Waals surface area contributed by atoms with Crippen LogP contribution >= 0.6 is 0 Å². The number of rotatable bonds is 6. The van der Waals surface area contributed by atoms with E-state index in [0.29, 0.717) is 11.4 Å².